The molecule has 0 fully saturated rings. The number of hydrogen-bond acceptors (Lipinski definition) is 4. The summed E-state index contributed by atoms with van der Waals surface area (Å²) < 4.78 is 40.4. The van der Waals surface area contributed by atoms with Crippen LogP contribution in [0.15, 0.2) is 34.5 Å². The molecule has 0 aliphatic carbocycles. The van der Waals surface area contributed by atoms with Crippen molar-refractivity contribution in [1.82, 2.24) is 4.31 Å². The molecule has 0 saturated heterocycles. The largest absolute Gasteiger partial charge is 0.398 e. The van der Waals surface area contributed by atoms with Gasteiger partial charge in [-0.1, -0.05) is 6.07 Å². The van der Waals surface area contributed by atoms with E-state index in [0.29, 0.717) is 5.56 Å². The first kappa shape index (κ1) is 15.9. The van der Waals surface area contributed by atoms with Crippen LogP contribution in [0.25, 0.3) is 0 Å². The van der Waals surface area contributed by atoms with Crippen LogP contribution in [0.2, 0.25) is 0 Å². The van der Waals surface area contributed by atoms with Crippen molar-refractivity contribution in [1.29, 1.82) is 0 Å². The van der Waals surface area contributed by atoms with Crippen LogP contribution in [0.3, 0.4) is 0 Å². The molecule has 2 rings (SSSR count). The van der Waals surface area contributed by atoms with Crippen LogP contribution in [0.5, 0.6) is 0 Å². The molecule has 1 aromatic heterocycles. The van der Waals surface area contributed by atoms with Crippen molar-refractivity contribution in [2.45, 2.75) is 24.8 Å². The van der Waals surface area contributed by atoms with Gasteiger partial charge in [0.05, 0.1) is 6.04 Å². The summed E-state index contributed by atoms with van der Waals surface area (Å²) >= 11 is 1.46. The van der Waals surface area contributed by atoms with Gasteiger partial charge in [-0.15, -0.1) is 11.3 Å². The normalized spacial score (nSPS) is 13.6. The van der Waals surface area contributed by atoms with Crippen LogP contribution in [-0.2, 0) is 10.0 Å². The van der Waals surface area contributed by atoms with Gasteiger partial charge in [-0.05, 0) is 43.0 Å². The Hall–Kier alpha value is -1.44. The molecule has 2 aromatic rings. The second-order valence-electron chi connectivity index (χ2n) is 4.85. The number of aryl methyl sites for hydroxylation is 1. The Labute approximate surface area is 128 Å². The van der Waals surface area contributed by atoms with Crippen LogP contribution in [0, 0.1) is 12.7 Å². The third-order valence-electron chi connectivity index (χ3n) is 3.48. The Morgan fingerprint density at radius 3 is 2.62 bits per heavy atom. The fourth-order valence-corrected chi connectivity index (χ4v) is 4.25. The summed E-state index contributed by atoms with van der Waals surface area (Å²) in [5.41, 5.74) is 6.48. The predicted octanol–water partition coefficient (Wildman–Crippen LogP) is 3.16. The monoisotopic (exact) mass is 328 g/mol. The third kappa shape index (κ3) is 2.95. The average Bonchev–Trinajstić information content (AvgIpc) is 2.95. The van der Waals surface area contributed by atoms with E-state index in [1.165, 1.54) is 24.5 Å². The van der Waals surface area contributed by atoms with Crippen molar-refractivity contribution in [3.63, 3.8) is 0 Å². The Kier molecular flexibility index (Phi) is 4.36. The molecule has 0 aliphatic heterocycles. The van der Waals surface area contributed by atoms with Crippen LogP contribution in [0.4, 0.5) is 10.1 Å². The summed E-state index contributed by atoms with van der Waals surface area (Å²) in [5.74, 6) is -0.785. The Balaban J connectivity index is 2.45. The van der Waals surface area contributed by atoms with Gasteiger partial charge in [-0.25, -0.2) is 12.8 Å². The second kappa shape index (κ2) is 5.75. The van der Waals surface area contributed by atoms with Gasteiger partial charge in [0.15, 0.2) is 0 Å². The predicted molar refractivity (Wildman–Crippen MR) is 83.2 cm³/mol. The molecular formula is C14H17FN2O2S2. The van der Waals surface area contributed by atoms with Gasteiger partial charge in [-0.2, -0.15) is 4.31 Å². The lowest BCUT2D eigenvalue weighted by Gasteiger charge is -2.24. The number of benzene rings is 1. The summed E-state index contributed by atoms with van der Waals surface area (Å²) in [5, 5.41) is 1.87. The van der Waals surface area contributed by atoms with Gasteiger partial charge in [0.1, 0.15) is 10.7 Å². The van der Waals surface area contributed by atoms with E-state index >= 15 is 0 Å². The number of nitrogen functional groups attached to an aromatic ring is 1. The number of thiophene rings is 1. The van der Waals surface area contributed by atoms with E-state index in [-0.39, 0.29) is 11.7 Å². The highest BCUT2D eigenvalue weighted by Crippen LogP contribution is 2.30. The van der Waals surface area contributed by atoms with Gasteiger partial charge in [-0.3, -0.25) is 0 Å². The van der Waals surface area contributed by atoms with E-state index < -0.39 is 20.7 Å². The molecule has 21 heavy (non-hydrogen) atoms. The number of nitrogens with zero attached hydrogens (tertiary/aromatic N) is 1. The zero-order valence-electron chi connectivity index (χ0n) is 12.0. The topological polar surface area (TPSA) is 63.4 Å². The summed E-state index contributed by atoms with van der Waals surface area (Å²) in [4.78, 5) is 0.498. The van der Waals surface area contributed by atoms with Gasteiger partial charge in [0.2, 0.25) is 10.0 Å². The van der Waals surface area contributed by atoms with Crippen LogP contribution in [0.1, 0.15) is 23.4 Å². The lowest BCUT2D eigenvalue weighted by molar-refractivity contribution is 0.399. The number of sulfonamides is 1. The zero-order valence-corrected chi connectivity index (χ0v) is 13.6. The molecule has 2 N–H and O–H groups in total. The molecule has 0 bridgehead atoms. The number of halogens is 1. The molecule has 0 aliphatic rings. The molecule has 0 radical (unpaired) electrons. The van der Waals surface area contributed by atoms with Crippen molar-refractivity contribution in [3.05, 3.63) is 45.9 Å². The lowest BCUT2D eigenvalue weighted by Crippen LogP contribution is -2.30. The van der Waals surface area contributed by atoms with Crippen molar-refractivity contribution in [3.8, 4) is 0 Å². The van der Waals surface area contributed by atoms with E-state index in [9.17, 15) is 12.8 Å². The third-order valence-corrected chi connectivity index (χ3v) is 6.46. The maximum Gasteiger partial charge on any atom is 0.246 e. The summed E-state index contributed by atoms with van der Waals surface area (Å²) in [6, 6.07) is 5.64. The lowest BCUT2D eigenvalue weighted by atomic mass is 10.2. The first-order valence-electron chi connectivity index (χ1n) is 6.32. The second-order valence-corrected chi connectivity index (χ2v) is 7.80. The summed E-state index contributed by atoms with van der Waals surface area (Å²) in [6.07, 6.45) is 0. The van der Waals surface area contributed by atoms with Gasteiger partial charge in [0, 0.05) is 17.6 Å². The van der Waals surface area contributed by atoms with Crippen molar-refractivity contribution in [2.24, 2.45) is 0 Å². The molecule has 0 amide bonds. The van der Waals surface area contributed by atoms with Gasteiger partial charge in [0.25, 0.3) is 0 Å². The highest BCUT2D eigenvalue weighted by Gasteiger charge is 2.29. The van der Waals surface area contributed by atoms with Crippen LogP contribution >= 0.6 is 11.3 Å². The molecule has 1 heterocycles. The maximum atomic E-state index is 14.0. The summed E-state index contributed by atoms with van der Waals surface area (Å²) in [7, 11) is -2.51. The van der Waals surface area contributed by atoms with E-state index in [1.807, 2.05) is 17.5 Å². The molecule has 1 aromatic carbocycles. The fraction of sp³-hybridized carbons (Fsp3) is 0.286. The average molecular weight is 328 g/mol. The number of anilines is 1. The first-order chi connectivity index (χ1) is 9.75. The number of rotatable bonds is 4. The molecule has 4 nitrogen and oxygen atoms in total. The minimum Gasteiger partial charge on any atom is -0.398 e. The Morgan fingerprint density at radius 2 is 2.05 bits per heavy atom. The maximum absolute atomic E-state index is 14.0. The molecule has 0 spiro atoms. The standard InChI is InChI=1S/C14H17FN2O2S2/c1-9-7-11(15)14(8-12(9)16)21(18,19)17(3)10(2)13-5-4-6-20-13/h4-8,10H,16H2,1-3H3. The minimum absolute atomic E-state index is 0.257. The number of nitrogens with two attached hydrogens (primary N) is 1. The van der Waals surface area contributed by atoms with E-state index in [0.717, 1.165) is 15.2 Å². The smallest absolute Gasteiger partial charge is 0.246 e. The zero-order chi connectivity index (χ0) is 15.8. The fourth-order valence-electron chi connectivity index (χ4n) is 1.94. The summed E-state index contributed by atoms with van der Waals surface area (Å²) in [6.45, 7) is 3.39. The molecule has 114 valence electrons. The molecule has 7 heteroatoms. The quantitative estimate of drug-likeness (QED) is 0.877. The van der Waals surface area contributed by atoms with Gasteiger partial charge < -0.3 is 5.73 Å². The first-order valence-corrected chi connectivity index (χ1v) is 8.64. The van der Waals surface area contributed by atoms with Crippen LogP contribution in [-0.4, -0.2) is 19.8 Å². The minimum atomic E-state index is -3.95. The number of hydrogen-bond donors (Lipinski definition) is 1. The SMILES string of the molecule is Cc1cc(F)c(S(=O)(=O)N(C)C(C)c2cccs2)cc1N. The van der Waals surface area contributed by atoms with Gasteiger partial charge >= 0.3 is 0 Å². The van der Waals surface area contributed by atoms with Crippen molar-refractivity contribution in [2.75, 3.05) is 12.8 Å². The highest BCUT2D eigenvalue weighted by atomic mass is 32.2. The Morgan fingerprint density at radius 1 is 1.38 bits per heavy atom. The molecule has 1 unspecified atom stereocenters. The Bertz CT molecular complexity index is 743. The van der Waals surface area contributed by atoms with Crippen molar-refractivity contribution >= 4 is 27.0 Å². The van der Waals surface area contributed by atoms with E-state index in [2.05, 4.69) is 0 Å². The van der Waals surface area contributed by atoms with Crippen LogP contribution < -0.4 is 5.73 Å². The highest BCUT2D eigenvalue weighted by molar-refractivity contribution is 7.89. The van der Waals surface area contributed by atoms with Crippen molar-refractivity contribution < 1.29 is 12.8 Å². The molecular weight excluding hydrogens is 311 g/mol. The molecule has 0 saturated carbocycles. The van der Waals surface area contributed by atoms with E-state index in [4.69, 9.17) is 5.73 Å². The van der Waals surface area contributed by atoms with E-state index in [1.54, 1.807) is 13.8 Å². The molecule has 1 atom stereocenters.